The summed E-state index contributed by atoms with van der Waals surface area (Å²) in [6.07, 6.45) is 10.2. The van der Waals surface area contributed by atoms with Crippen LogP contribution in [0.4, 0.5) is 4.39 Å². The molecular weight excluding hydrogens is 497 g/mol. The lowest BCUT2D eigenvalue weighted by molar-refractivity contribution is 0.0769. The Morgan fingerprint density at radius 1 is 0.975 bits per heavy atom. The smallest absolute Gasteiger partial charge is 0.123 e. The Labute approximate surface area is 239 Å². The summed E-state index contributed by atoms with van der Waals surface area (Å²) in [5.74, 6) is 1.03. The van der Waals surface area contributed by atoms with Crippen molar-refractivity contribution in [2.24, 2.45) is 5.73 Å². The number of nitrogens with zero attached hydrogens (tertiary/aromatic N) is 4. The van der Waals surface area contributed by atoms with Gasteiger partial charge in [-0.1, -0.05) is 38.1 Å². The number of aryl methyl sites for hydroxylation is 1. The number of halogens is 1. The van der Waals surface area contributed by atoms with Crippen LogP contribution in [0.3, 0.4) is 0 Å². The third kappa shape index (κ3) is 5.23. The van der Waals surface area contributed by atoms with E-state index in [9.17, 15) is 4.39 Å². The first-order valence-electron chi connectivity index (χ1n) is 15.8. The summed E-state index contributed by atoms with van der Waals surface area (Å²) in [7, 11) is 0. The minimum absolute atomic E-state index is 0.0295. The van der Waals surface area contributed by atoms with E-state index in [-0.39, 0.29) is 16.8 Å². The first-order valence-corrected chi connectivity index (χ1v) is 15.8. The van der Waals surface area contributed by atoms with Gasteiger partial charge in [0.15, 0.2) is 0 Å². The van der Waals surface area contributed by atoms with Gasteiger partial charge < -0.3 is 15.2 Å². The second-order valence-corrected chi connectivity index (χ2v) is 13.2. The molecule has 4 heterocycles. The Balaban J connectivity index is 1.17. The second kappa shape index (κ2) is 11.2. The van der Waals surface area contributed by atoms with Crippen molar-refractivity contribution in [2.45, 2.75) is 108 Å². The van der Waals surface area contributed by atoms with Crippen molar-refractivity contribution in [3.05, 3.63) is 65.7 Å². The maximum atomic E-state index is 14.5. The molecule has 2 aromatic carbocycles. The van der Waals surface area contributed by atoms with E-state index in [0.717, 1.165) is 69.6 Å². The van der Waals surface area contributed by atoms with Crippen LogP contribution in [0.1, 0.15) is 89.1 Å². The van der Waals surface area contributed by atoms with Crippen LogP contribution in [0.25, 0.3) is 11.0 Å². The second-order valence-electron chi connectivity index (χ2n) is 13.2. The maximum Gasteiger partial charge on any atom is 0.123 e. The topological polar surface area (TPSA) is 50.3 Å². The van der Waals surface area contributed by atoms with Gasteiger partial charge in [0, 0.05) is 30.2 Å². The van der Waals surface area contributed by atoms with Crippen LogP contribution in [0.2, 0.25) is 0 Å². The van der Waals surface area contributed by atoms with Crippen molar-refractivity contribution in [3.63, 3.8) is 0 Å². The number of para-hydroxylation sites is 2. The summed E-state index contributed by atoms with van der Waals surface area (Å²) in [4.78, 5) is 10.3. The number of benzene rings is 2. The van der Waals surface area contributed by atoms with E-state index in [2.05, 4.69) is 65.5 Å². The van der Waals surface area contributed by atoms with E-state index in [0.29, 0.717) is 18.1 Å². The van der Waals surface area contributed by atoms with Gasteiger partial charge in [0.1, 0.15) is 11.6 Å². The van der Waals surface area contributed by atoms with Crippen molar-refractivity contribution < 1.29 is 4.39 Å². The van der Waals surface area contributed by atoms with Crippen LogP contribution in [-0.2, 0) is 5.41 Å². The monoisotopic (exact) mass is 545 g/mol. The predicted molar refractivity (Wildman–Crippen MR) is 162 cm³/mol. The molecular formula is C34H48FN5. The van der Waals surface area contributed by atoms with E-state index in [1.165, 1.54) is 36.8 Å². The summed E-state index contributed by atoms with van der Waals surface area (Å²) in [6, 6.07) is 17.9. The fourth-order valence-electron chi connectivity index (χ4n) is 8.35. The summed E-state index contributed by atoms with van der Waals surface area (Å²) in [6.45, 7) is 10.7. The summed E-state index contributed by atoms with van der Waals surface area (Å²) < 4.78 is 17.0. The standard InChI is InChI=1S/C34H48FN5/c1-4-34(36,5-2)24-38-18-15-33(16-19-38,26-9-8-10-27(35)21-26)17-20-39-28-13-14-29(39)23-30(22-28)40-25(3)37-31-11-6-7-12-32(31)40/h6-12,21,28-30H,4-5,13-20,22-24,36H2,1-3H3. The van der Waals surface area contributed by atoms with Crippen LogP contribution in [0.5, 0.6) is 0 Å². The van der Waals surface area contributed by atoms with Gasteiger partial charge in [-0.05, 0) is 120 Å². The molecule has 5 nitrogen and oxygen atoms in total. The number of aromatic nitrogens is 2. The van der Waals surface area contributed by atoms with Crippen molar-refractivity contribution in [2.75, 3.05) is 26.2 Å². The molecule has 40 heavy (non-hydrogen) atoms. The number of likely N-dealkylation sites (tertiary alicyclic amines) is 1. The van der Waals surface area contributed by atoms with Crippen LogP contribution >= 0.6 is 0 Å². The highest BCUT2D eigenvalue weighted by molar-refractivity contribution is 5.76. The van der Waals surface area contributed by atoms with E-state index in [4.69, 9.17) is 10.7 Å². The normalized spacial score (nSPS) is 25.6. The Bertz CT molecular complexity index is 1290. The van der Waals surface area contributed by atoms with Gasteiger partial charge in [-0.3, -0.25) is 4.90 Å². The molecule has 6 heteroatoms. The molecule has 2 N–H and O–H groups in total. The van der Waals surface area contributed by atoms with Crippen molar-refractivity contribution in [3.8, 4) is 0 Å². The van der Waals surface area contributed by atoms with Crippen molar-refractivity contribution in [1.29, 1.82) is 0 Å². The third-order valence-electron chi connectivity index (χ3n) is 11.0. The molecule has 0 saturated carbocycles. The zero-order chi connectivity index (χ0) is 27.9. The lowest BCUT2D eigenvalue weighted by Crippen LogP contribution is -2.53. The third-order valence-corrected chi connectivity index (χ3v) is 11.0. The van der Waals surface area contributed by atoms with Gasteiger partial charge in [-0.2, -0.15) is 0 Å². The predicted octanol–water partition coefficient (Wildman–Crippen LogP) is 6.59. The number of imidazole rings is 1. The van der Waals surface area contributed by atoms with Crippen molar-refractivity contribution in [1.82, 2.24) is 19.4 Å². The van der Waals surface area contributed by atoms with Gasteiger partial charge in [-0.15, -0.1) is 0 Å². The molecule has 3 aliphatic rings. The largest absolute Gasteiger partial charge is 0.325 e. The molecule has 3 fully saturated rings. The Hall–Kier alpha value is -2.28. The van der Waals surface area contributed by atoms with Crippen LogP contribution < -0.4 is 5.73 Å². The Kier molecular flexibility index (Phi) is 7.79. The minimum Gasteiger partial charge on any atom is -0.325 e. The van der Waals surface area contributed by atoms with Gasteiger partial charge >= 0.3 is 0 Å². The highest BCUT2D eigenvalue weighted by atomic mass is 19.1. The van der Waals surface area contributed by atoms with Gasteiger partial charge in [0.2, 0.25) is 0 Å². The SMILES string of the molecule is CCC(N)(CC)CN1CCC(CCN2C3CCC2CC(n2c(C)nc4ccccc42)C3)(c2cccc(F)c2)CC1. The maximum absolute atomic E-state index is 14.5. The fourth-order valence-corrected chi connectivity index (χ4v) is 8.35. The first kappa shape index (κ1) is 27.9. The molecule has 3 aliphatic heterocycles. The zero-order valence-electron chi connectivity index (χ0n) is 24.8. The molecule has 2 unspecified atom stereocenters. The molecule has 0 aliphatic carbocycles. The minimum atomic E-state index is -0.110. The summed E-state index contributed by atoms with van der Waals surface area (Å²) in [5, 5.41) is 0. The van der Waals surface area contributed by atoms with E-state index in [1.54, 1.807) is 6.07 Å². The van der Waals surface area contributed by atoms with Gasteiger partial charge in [-0.25, -0.2) is 9.37 Å². The van der Waals surface area contributed by atoms with Gasteiger partial charge in [0.05, 0.1) is 11.0 Å². The quantitative estimate of drug-likeness (QED) is 0.329. The average Bonchev–Trinajstić information content (AvgIpc) is 3.43. The Morgan fingerprint density at radius 3 is 2.35 bits per heavy atom. The number of rotatable bonds is 9. The number of piperidine rings is 2. The highest BCUT2D eigenvalue weighted by Gasteiger charge is 2.44. The van der Waals surface area contributed by atoms with Crippen LogP contribution in [0, 0.1) is 12.7 Å². The zero-order valence-corrected chi connectivity index (χ0v) is 24.8. The molecule has 6 rings (SSSR count). The molecule has 0 spiro atoms. The highest BCUT2D eigenvalue weighted by Crippen LogP contribution is 2.45. The van der Waals surface area contributed by atoms with Crippen molar-refractivity contribution >= 4 is 11.0 Å². The molecule has 216 valence electrons. The van der Waals surface area contributed by atoms with E-state index in [1.807, 2.05) is 12.1 Å². The number of hydrogen-bond acceptors (Lipinski definition) is 4. The van der Waals surface area contributed by atoms with Crippen LogP contribution in [-0.4, -0.2) is 63.2 Å². The Morgan fingerprint density at radius 2 is 1.68 bits per heavy atom. The fraction of sp³-hybridized carbons (Fsp3) is 0.618. The number of fused-ring (bicyclic) bond motifs is 3. The molecule has 0 radical (unpaired) electrons. The molecule has 3 saturated heterocycles. The molecule has 2 bridgehead atoms. The lowest BCUT2D eigenvalue weighted by Gasteiger charge is -2.47. The number of hydrogen-bond donors (Lipinski definition) is 1. The molecule has 1 aromatic heterocycles. The van der Waals surface area contributed by atoms with E-state index >= 15 is 0 Å². The van der Waals surface area contributed by atoms with Crippen LogP contribution in [0.15, 0.2) is 48.5 Å². The first-order chi connectivity index (χ1) is 19.3. The van der Waals surface area contributed by atoms with E-state index < -0.39 is 0 Å². The summed E-state index contributed by atoms with van der Waals surface area (Å²) >= 11 is 0. The molecule has 2 atom stereocenters. The summed E-state index contributed by atoms with van der Waals surface area (Å²) in [5.41, 5.74) is 10.2. The number of nitrogens with two attached hydrogens (primary N) is 1. The lowest BCUT2D eigenvalue weighted by atomic mass is 9.70. The molecule has 3 aromatic rings. The molecule has 0 amide bonds. The average molecular weight is 546 g/mol. The van der Waals surface area contributed by atoms with Gasteiger partial charge in [0.25, 0.3) is 0 Å².